The summed E-state index contributed by atoms with van der Waals surface area (Å²) >= 11 is 0. The smallest absolute Gasteiger partial charge is 0.259 e. The molecular weight excluding hydrogens is 380 g/mol. The molecule has 0 bridgehead atoms. The van der Waals surface area contributed by atoms with Crippen LogP contribution in [0, 0.1) is 18.3 Å². The number of fused-ring (bicyclic) bond motifs is 1. The van der Waals surface area contributed by atoms with E-state index in [2.05, 4.69) is 40.7 Å². The first-order chi connectivity index (χ1) is 14.5. The molecule has 30 heavy (non-hydrogen) atoms. The molecular formula is C23H29N4O3. The summed E-state index contributed by atoms with van der Waals surface area (Å²) < 4.78 is 5.26. The molecule has 2 aliphatic rings. The highest BCUT2D eigenvalue weighted by Gasteiger charge is 2.42. The lowest BCUT2D eigenvalue weighted by Gasteiger charge is -2.21. The van der Waals surface area contributed by atoms with Crippen LogP contribution in [0.4, 0.5) is 0 Å². The molecule has 2 atom stereocenters. The predicted molar refractivity (Wildman–Crippen MR) is 113 cm³/mol. The SMILES string of the molecule is CCc1noc(CC(N)=O)c1C(=O)N1CC2CN(CC[CH]c3ccccc3)C[C@H]2C1. The Balaban J connectivity index is 1.31. The molecule has 0 spiro atoms. The average Bonchev–Trinajstić information content (AvgIpc) is 3.41. The second-order valence-corrected chi connectivity index (χ2v) is 8.32. The highest BCUT2D eigenvalue weighted by molar-refractivity contribution is 5.97. The minimum absolute atomic E-state index is 0.0808. The zero-order valence-corrected chi connectivity index (χ0v) is 17.4. The van der Waals surface area contributed by atoms with Gasteiger partial charge in [-0.1, -0.05) is 42.4 Å². The maximum Gasteiger partial charge on any atom is 0.259 e. The molecule has 0 saturated carbocycles. The van der Waals surface area contributed by atoms with E-state index in [-0.39, 0.29) is 12.3 Å². The molecule has 7 heteroatoms. The summed E-state index contributed by atoms with van der Waals surface area (Å²) in [6.45, 7) is 6.50. The minimum atomic E-state index is -0.524. The first-order valence-electron chi connectivity index (χ1n) is 10.7. The molecule has 1 unspecified atom stereocenters. The average molecular weight is 410 g/mol. The van der Waals surface area contributed by atoms with Crippen LogP contribution >= 0.6 is 0 Å². The van der Waals surface area contributed by atoms with Gasteiger partial charge in [-0.2, -0.15) is 0 Å². The van der Waals surface area contributed by atoms with E-state index in [0.29, 0.717) is 35.3 Å². The quantitative estimate of drug-likeness (QED) is 0.719. The van der Waals surface area contributed by atoms with Crippen LogP contribution in [-0.4, -0.2) is 59.5 Å². The number of aromatic nitrogens is 1. The number of nitrogens with zero attached hydrogens (tertiary/aromatic N) is 3. The molecule has 2 saturated heterocycles. The van der Waals surface area contributed by atoms with Gasteiger partial charge < -0.3 is 20.1 Å². The van der Waals surface area contributed by atoms with E-state index in [4.69, 9.17) is 10.3 Å². The highest BCUT2D eigenvalue weighted by Crippen LogP contribution is 2.33. The van der Waals surface area contributed by atoms with E-state index in [0.717, 1.165) is 39.1 Å². The zero-order valence-electron chi connectivity index (χ0n) is 17.4. The van der Waals surface area contributed by atoms with Gasteiger partial charge in [0.05, 0.1) is 12.1 Å². The van der Waals surface area contributed by atoms with Crippen molar-refractivity contribution in [1.29, 1.82) is 0 Å². The molecule has 1 aromatic carbocycles. The van der Waals surface area contributed by atoms with Gasteiger partial charge in [0.2, 0.25) is 5.91 Å². The Morgan fingerprint density at radius 2 is 1.87 bits per heavy atom. The fourth-order valence-electron chi connectivity index (χ4n) is 4.73. The Morgan fingerprint density at radius 1 is 1.17 bits per heavy atom. The molecule has 2 aliphatic heterocycles. The molecule has 4 rings (SSSR count). The third kappa shape index (κ3) is 4.41. The van der Waals surface area contributed by atoms with Gasteiger partial charge in [0, 0.05) is 26.2 Å². The van der Waals surface area contributed by atoms with Gasteiger partial charge in [0.25, 0.3) is 5.91 Å². The third-order valence-corrected chi connectivity index (χ3v) is 6.19. The normalized spacial score (nSPS) is 21.2. The summed E-state index contributed by atoms with van der Waals surface area (Å²) in [4.78, 5) is 28.9. The highest BCUT2D eigenvalue weighted by atomic mass is 16.5. The van der Waals surface area contributed by atoms with Crippen LogP contribution in [0.25, 0.3) is 0 Å². The van der Waals surface area contributed by atoms with Crippen LogP contribution in [0.2, 0.25) is 0 Å². The van der Waals surface area contributed by atoms with Gasteiger partial charge in [-0.25, -0.2) is 0 Å². The predicted octanol–water partition coefficient (Wildman–Crippen LogP) is 1.91. The largest absolute Gasteiger partial charge is 0.369 e. The van der Waals surface area contributed by atoms with Crippen molar-refractivity contribution in [1.82, 2.24) is 15.0 Å². The third-order valence-electron chi connectivity index (χ3n) is 6.19. The molecule has 7 nitrogen and oxygen atoms in total. The number of aryl methyl sites for hydroxylation is 1. The lowest BCUT2D eigenvalue weighted by atomic mass is 10.0. The van der Waals surface area contributed by atoms with Gasteiger partial charge in [0.1, 0.15) is 5.56 Å². The van der Waals surface area contributed by atoms with Crippen molar-refractivity contribution in [2.75, 3.05) is 32.7 Å². The van der Waals surface area contributed by atoms with Crippen molar-refractivity contribution in [3.63, 3.8) is 0 Å². The lowest BCUT2D eigenvalue weighted by Crippen LogP contribution is -2.34. The molecule has 1 radical (unpaired) electrons. The van der Waals surface area contributed by atoms with Gasteiger partial charge in [-0.15, -0.1) is 0 Å². The van der Waals surface area contributed by atoms with E-state index in [1.54, 1.807) is 0 Å². The van der Waals surface area contributed by atoms with E-state index in [1.807, 2.05) is 17.9 Å². The molecule has 2 N–H and O–H groups in total. The Hall–Kier alpha value is -2.67. The molecule has 0 aliphatic carbocycles. The van der Waals surface area contributed by atoms with Crippen LogP contribution < -0.4 is 5.73 Å². The Labute approximate surface area is 177 Å². The molecule has 1 aromatic heterocycles. The van der Waals surface area contributed by atoms with Crippen molar-refractivity contribution in [2.24, 2.45) is 17.6 Å². The zero-order chi connectivity index (χ0) is 21.1. The van der Waals surface area contributed by atoms with Gasteiger partial charge in [-0.05, 0) is 43.2 Å². The standard InChI is InChI=1S/C23H29N4O3/c1-2-19-22(20(30-25-19)11-21(24)28)23(29)27-14-17-12-26(13-18(17)15-27)10-6-9-16-7-4-3-5-8-16/h3-5,7-9,17-18H,2,6,10-15H2,1H3,(H2,24,28)/t17-,18?/m0/s1. The second kappa shape index (κ2) is 9.00. The van der Waals surface area contributed by atoms with Crippen LogP contribution in [0.3, 0.4) is 0 Å². The number of rotatable bonds is 8. The van der Waals surface area contributed by atoms with Crippen molar-refractivity contribution in [2.45, 2.75) is 26.2 Å². The Bertz CT molecular complexity index is 881. The van der Waals surface area contributed by atoms with Crippen LogP contribution in [-0.2, 0) is 17.6 Å². The summed E-state index contributed by atoms with van der Waals surface area (Å²) in [6, 6.07) is 10.4. The van der Waals surface area contributed by atoms with Crippen LogP contribution in [0.1, 0.15) is 40.7 Å². The number of carbonyl (C=O) groups is 2. The molecule has 3 heterocycles. The molecule has 2 fully saturated rings. The van der Waals surface area contributed by atoms with Crippen molar-refractivity contribution in [3.05, 3.63) is 59.3 Å². The number of benzene rings is 1. The van der Waals surface area contributed by atoms with Gasteiger partial charge >= 0.3 is 0 Å². The number of amides is 2. The summed E-state index contributed by atoms with van der Waals surface area (Å²) in [7, 11) is 0. The number of carbonyl (C=O) groups excluding carboxylic acids is 2. The number of nitrogens with two attached hydrogens (primary N) is 1. The summed E-state index contributed by atoms with van der Waals surface area (Å²) in [6.07, 6.45) is 3.79. The number of likely N-dealkylation sites (tertiary alicyclic amines) is 2. The van der Waals surface area contributed by atoms with Crippen molar-refractivity contribution in [3.8, 4) is 0 Å². The number of primary amides is 1. The van der Waals surface area contributed by atoms with Crippen molar-refractivity contribution < 1.29 is 14.1 Å². The summed E-state index contributed by atoms with van der Waals surface area (Å²) in [5.74, 6) is 0.677. The maximum atomic E-state index is 13.2. The maximum absolute atomic E-state index is 13.2. The monoisotopic (exact) mass is 409 g/mol. The molecule has 2 amide bonds. The first kappa shape index (κ1) is 20.6. The lowest BCUT2D eigenvalue weighted by molar-refractivity contribution is -0.117. The topological polar surface area (TPSA) is 92.7 Å². The van der Waals surface area contributed by atoms with E-state index in [1.165, 1.54) is 5.56 Å². The Kier molecular flexibility index (Phi) is 6.18. The van der Waals surface area contributed by atoms with Crippen LogP contribution in [0.5, 0.6) is 0 Å². The number of hydrogen-bond donors (Lipinski definition) is 1. The Morgan fingerprint density at radius 3 is 2.50 bits per heavy atom. The van der Waals surface area contributed by atoms with E-state index >= 15 is 0 Å². The molecule has 2 aromatic rings. The van der Waals surface area contributed by atoms with Gasteiger partial charge in [0.15, 0.2) is 5.76 Å². The fourth-order valence-corrected chi connectivity index (χ4v) is 4.73. The van der Waals surface area contributed by atoms with Gasteiger partial charge in [-0.3, -0.25) is 9.59 Å². The van der Waals surface area contributed by atoms with E-state index < -0.39 is 5.91 Å². The number of hydrogen-bond acceptors (Lipinski definition) is 5. The summed E-state index contributed by atoms with van der Waals surface area (Å²) in [5, 5.41) is 3.98. The first-order valence-corrected chi connectivity index (χ1v) is 10.7. The molecule has 159 valence electrons. The fraction of sp³-hybridized carbons (Fsp3) is 0.478. The van der Waals surface area contributed by atoms with Crippen molar-refractivity contribution >= 4 is 11.8 Å². The van der Waals surface area contributed by atoms with E-state index in [9.17, 15) is 9.59 Å². The second-order valence-electron chi connectivity index (χ2n) is 8.32. The minimum Gasteiger partial charge on any atom is -0.369 e. The van der Waals surface area contributed by atoms with Crippen LogP contribution in [0.15, 0.2) is 34.9 Å². The summed E-state index contributed by atoms with van der Waals surface area (Å²) in [5.41, 5.74) is 7.61.